The molecule has 0 amide bonds. The topological polar surface area (TPSA) is 63.3 Å². The lowest BCUT2D eigenvalue weighted by Crippen LogP contribution is -1.99. The summed E-state index contributed by atoms with van der Waals surface area (Å²) in [4.78, 5) is 14.9. The Labute approximate surface area is 131 Å². The number of hydrogen-bond acceptors (Lipinski definition) is 3. The van der Waals surface area contributed by atoms with E-state index in [1.807, 2.05) is 0 Å². The number of pyridine rings is 1. The predicted octanol–water partition coefficient (Wildman–Crippen LogP) is 4.75. The van der Waals surface area contributed by atoms with Gasteiger partial charge in [-0.25, -0.2) is 14.2 Å². The zero-order valence-corrected chi connectivity index (χ0v) is 12.6. The first-order valence-electron chi connectivity index (χ1n) is 5.74. The van der Waals surface area contributed by atoms with Gasteiger partial charge in [0.2, 0.25) is 0 Å². The standard InChI is InChI=1S/C14H6BrClFNO3/c15-6-1-2-7(9(17)3-6)12-5-10-13(21-12)8(16)4-11(18-10)14(19)20/h1-5H,(H,19,20). The van der Waals surface area contributed by atoms with E-state index in [1.165, 1.54) is 18.2 Å². The normalized spacial score (nSPS) is 11.0. The maximum absolute atomic E-state index is 13.9. The summed E-state index contributed by atoms with van der Waals surface area (Å²) in [6.07, 6.45) is 0. The molecular formula is C14H6BrClFNO3. The van der Waals surface area contributed by atoms with Crippen molar-refractivity contribution in [2.45, 2.75) is 0 Å². The van der Waals surface area contributed by atoms with E-state index in [9.17, 15) is 9.18 Å². The molecule has 1 aromatic carbocycles. The largest absolute Gasteiger partial charge is 0.477 e. The number of halogens is 3. The van der Waals surface area contributed by atoms with Crippen molar-refractivity contribution in [2.24, 2.45) is 0 Å². The van der Waals surface area contributed by atoms with Gasteiger partial charge in [0.1, 0.15) is 17.1 Å². The van der Waals surface area contributed by atoms with Crippen LogP contribution in [-0.2, 0) is 0 Å². The molecule has 0 unspecified atom stereocenters. The lowest BCUT2D eigenvalue weighted by molar-refractivity contribution is 0.0691. The summed E-state index contributed by atoms with van der Waals surface area (Å²) in [5, 5.41) is 9.06. The number of nitrogens with zero attached hydrogens (tertiary/aromatic N) is 1. The Bertz CT molecular complexity index is 878. The van der Waals surface area contributed by atoms with Crippen LogP contribution in [0.4, 0.5) is 4.39 Å². The number of furan rings is 1. The summed E-state index contributed by atoms with van der Waals surface area (Å²) in [6, 6.07) is 7.17. The zero-order valence-electron chi connectivity index (χ0n) is 10.2. The fourth-order valence-electron chi connectivity index (χ4n) is 1.91. The Balaban J connectivity index is 2.21. The molecule has 4 nitrogen and oxygen atoms in total. The first kappa shape index (κ1) is 14.0. The van der Waals surface area contributed by atoms with Gasteiger partial charge in [-0.05, 0) is 24.3 Å². The summed E-state index contributed by atoms with van der Waals surface area (Å²) >= 11 is 9.14. The third-order valence-corrected chi connectivity index (χ3v) is 3.62. The van der Waals surface area contributed by atoms with Crippen molar-refractivity contribution in [1.29, 1.82) is 0 Å². The molecule has 0 saturated carbocycles. The van der Waals surface area contributed by atoms with Gasteiger partial charge >= 0.3 is 5.97 Å². The van der Waals surface area contributed by atoms with Crippen LogP contribution in [0.5, 0.6) is 0 Å². The maximum Gasteiger partial charge on any atom is 0.354 e. The van der Waals surface area contributed by atoms with Crippen molar-refractivity contribution in [3.05, 3.63) is 51.3 Å². The number of aromatic carboxylic acids is 1. The highest BCUT2D eigenvalue weighted by Gasteiger charge is 2.16. The molecule has 7 heteroatoms. The van der Waals surface area contributed by atoms with Crippen LogP contribution >= 0.6 is 27.5 Å². The molecule has 0 saturated heterocycles. The summed E-state index contributed by atoms with van der Waals surface area (Å²) in [6.45, 7) is 0. The number of aromatic nitrogens is 1. The third kappa shape index (κ3) is 2.52. The maximum atomic E-state index is 13.9. The quantitative estimate of drug-likeness (QED) is 0.707. The van der Waals surface area contributed by atoms with Crippen molar-refractivity contribution in [2.75, 3.05) is 0 Å². The van der Waals surface area contributed by atoms with Crippen LogP contribution in [0, 0.1) is 5.82 Å². The molecule has 3 aromatic rings. The predicted molar refractivity (Wildman–Crippen MR) is 79.1 cm³/mol. The van der Waals surface area contributed by atoms with E-state index < -0.39 is 11.8 Å². The molecule has 106 valence electrons. The second-order valence-electron chi connectivity index (χ2n) is 4.24. The first-order chi connectivity index (χ1) is 9.95. The number of benzene rings is 1. The fraction of sp³-hybridized carbons (Fsp3) is 0. The number of carboxylic acids is 1. The molecule has 1 N–H and O–H groups in total. The summed E-state index contributed by atoms with van der Waals surface area (Å²) in [7, 11) is 0. The first-order valence-corrected chi connectivity index (χ1v) is 6.91. The van der Waals surface area contributed by atoms with Gasteiger partial charge in [-0.3, -0.25) is 0 Å². The lowest BCUT2D eigenvalue weighted by atomic mass is 10.1. The van der Waals surface area contributed by atoms with Gasteiger partial charge in [0.15, 0.2) is 11.3 Å². The van der Waals surface area contributed by atoms with E-state index >= 15 is 0 Å². The van der Waals surface area contributed by atoms with Crippen molar-refractivity contribution in [1.82, 2.24) is 4.98 Å². The van der Waals surface area contributed by atoms with Crippen LogP contribution in [0.15, 0.2) is 39.2 Å². The summed E-state index contributed by atoms with van der Waals surface area (Å²) in [5.41, 5.74) is 0.525. The van der Waals surface area contributed by atoms with Crippen LogP contribution in [-0.4, -0.2) is 16.1 Å². The molecule has 3 rings (SSSR count). The molecule has 21 heavy (non-hydrogen) atoms. The van der Waals surface area contributed by atoms with E-state index in [0.717, 1.165) is 0 Å². The van der Waals surface area contributed by atoms with Crippen LogP contribution in [0.25, 0.3) is 22.4 Å². The van der Waals surface area contributed by atoms with Crippen LogP contribution < -0.4 is 0 Å². The van der Waals surface area contributed by atoms with Crippen molar-refractivity contribution in [3.8, 4) is 11.3 Å². The van der Waals surface area contributed by atoms with Gasteiger partial charge in [0, 0.05) is 10.5 Å². The molecule has 0 aliphatic carbocycles. The molecule has 0 aliphatic rings. The van der Waals surface area contributed by atoms with Gasteiger partial charge < -0.3 is 9.52 Å². The fourth-order valence-corrected chi connectivity index (χ4v) is 2.49. The highest BCUT2D eigenvalue weighted by atomic mass is 79.9. The number of rotatable bonds is 2. The van der Waals surface area contributed by atoms with Crippen LogP contribution in [0.1, 0.15) is 10.5 Å². The van der Waals surface area contributed by atoms with Gasteiger partial charge in [-0.1, -0.05) is 27.5 Å². The Morgan fingerprint density at radius 1 is 1.33 bits per heavy atom. The molecule has 0 fully saturated rings. The minimum Gasteiger partial charge on any atom is -0.477 e. The van der Waals surface area contributed by atoms with E-state index in [-0.39, 0.29) is 33.1 Å². The number of carboxylic acid groups (broad SMARTS) is 1. The molecule has 2 aromatic heterocycles. The Kier molecular flexibility index (Phi) is 3.43. The zero-order chi connectivity index (χ0) is 15.1. The van der Waals surface area contributed by atoms with Gasteiger partial charge in [-0.15, -0.1) is 0 Å². The summed E-state index contributed by atoms with van der Waals surface area (Å²) < 4.78 is 20.0. The monoisotopic (exact) mass is 369 g/mol. The van der Waals surface area contributed by atoms with E-state index in [1.54, 1.807) is 12.1 Å². The Morgan fingerprint density at radius 2 is 2.10 bits per heavy atom. The minimum absolute atomic E-state index is 0.112. The Hall–Kier alpha value is -1.92. The summed E-state index contributed by atoms with van der Waals surface area (Å²) in [5.74, 6) is -1.44. The van der Waals surface area contributed by atoms with E-state index in [4.69, 9.17) is 21.1 Å². The van der Waals surface area contributed by atoms with Crippen molar-refractivity contribution < 1.29 is 18.7 Å². The minimum atomic E-state index is -1.20. The average molecular weight is 371 g/mol. The van der Waals surface area contributed by atoms with Crippen LogP contribution in [0.3, 0.4) is 0 Å². The van der Waals surface area contributed by atoms with E-state index in [0.29, 0.717) is 4.47 Å². The second-order valence-corrected chi connectivity index (χ2v) is 5.57. The van der Waals surface area contributed by atoms with E-state index in [2.05, 4.69) is 20.9 Å². The van der Waals surface area contributed by atoms with Gasteiger partial charge in [0.05, 0.1) is 10.6 Å². The third-order valence-electron chi connectivity index (χ3n) is 2.85. The molecule has 0 bridgehead atoms. The highest BCUT2D eigenvalue weighted by Crippen LogP contribution is 2.33. The smallest absolute Gasteiger partial charge is 0.354 e. The second kappa shape index (κ2) is 5.13. The van der Waals surface area contributed by atoms with Crippen LogP contribution in [0.2, 0.25) is 5.02 Å². The highest BCUT2D eigenvalue weighted by molar-refractivity contribution is 9.10. The van der Waals surface area contributed by atoms with Gasteiger partial charge in [-0.2, -0.15) is 0 Å². The Morgan fingerprint density at radius 3 is 2.76 bits per heavy atom. The van der Waals surface area contributed by atoms with Crippen molar-refractivity contribution in [3.63, 3.8) is 0 Å². The molecule has 2 heterocycles. The molecular weight excluding hydrogens is 365 g/mol. The molecule has 0 atom stereocenters. The lowest BCUT2D eigenvalue weighted by Gasteiger charge is -1.99. The molecule has 0 spiro atoms. The number of hydrogen-bond donors (Lipinski definition) is 1. The van der Waals surface area contributed by atoms with Gasteiger partial charge in [0.25, 0.3) is 0 Å². The molecule has 0 radical (unpaired) electrons. The average Bonchev–Trinajstić information content (AvgIpc) is 2.82. The molecule has 0 aliphatic heterocycles. The number of fused-ring (bicyclic) bond motifs is 1. The van der Waals surface area contributed by atoms with Crippen molar-refractivity contribution >= 4 is 44.6 Å². The number of carbonyl (C=O) groups is 1. The SMILES string of the molecule is O=C(O)c1cc(Cl)c2oc(-c3ccc(Br)cc3F)cc2n1.